The quantitative estimate of drug-likeness (QED) is 0.471. The van der Waals surface area contributed by atoms with Crippen LogP contribution in [0.25, 0.3) is 5.57 Å². The molecule has 0 amide bonds. The van der Waals surface area contributed by atoms with Gasteiger partial charge < -0.3 is 10.5 Å². The fraction of sp³-hybridized carbons (Fsp3) is 0.375. The maximum Gasteiger partial charge on any atom is 0.354 e. The number of rotatable bonds is 7. The van der Waals surface area contributed by atoms with Gasteiger partial charge in [0.15, 0.2) is 0 Å². The number of hydrogen-bond donors (Lipinski definition) is 1. The summed E-state index contributed by atoms with van der Waals surface area (Å²) >= 11 is 0. The van der Waals surface area contributed by atoms with Crippen LogP contribution in [0.2, 0.25) is 0 Å². The number of esters is 1. The van der Waals surface area contributed by atoms with Crippen LogP contribution in [0.4, 0.5) is 0 Å². The zero-order chi connectivity index (χ0) is 19.2. The summed E-state index contributed by atoms with van der Waals surface area (Å²) < 4.78 is 5.62. The van der Waals surface area contributed by atoms with Gasteiger partial charge in [0.1, 0.15) is 5.70 Å². The van der Waals surface area contributed by atoms with E-state index in [9.17, 15) is 4.79 Å². The Hall–Kier alpha value is -2.55. The van der Waals surface area contributed by atoms with Crippen LogP contribution in [-0.4, -0.2) is 12.6 Å². The minimum atomic E-state index is -0.411. The van der Waals surface area contributed by atoms with Gasteiger partial charge in [-0.1, -0.05) is 81.6 Å². The first-order chi connectivity index (χ1) is 13.2. The zero-order valence-electron chi connectivity index (χ0n) is 16.3. The summed E-state index contributed by atoms with van der Waals surface area (Å²) in [6, 6.07) is 16.3. The molecule has 1 atom stereocenters. The van der Waals surface area contributed by atoms with Crippen molar-refractivity contribution in [2.75, 3.05) is 6.61 Å². The number of hydrogen-bond acceptors (Lipinski definition) is 3. The van der Waals surface area contributed by atoms with Gasteiger partial charge in [0.2, 0.25) is 0 Å². The fourth-order valence-electron chi connectivity index (χ4n) is 3.75. The molecule has 27 heavy (non-hydrogen) atoms. The van der Waals surface area contributed by atoms with Gasteiger partial charge in [0.05, 0.1) is 6.61 Å². The molecule has 0 spiro atoms. The van der Waals surface area contributed by atoms with Crippen molar-refractivity contribution in [2.45, 2.75) is 46.0 Å². The van der Waals surface area contributed by atoms with Crippen LogP contribution in [0.3, 0.4) is 0 Å². The van der Waals surface area contributed by atoms with Crippen molar-refractivity contribution in [3.63, 3.8) is 0 Å². The highest BCUT2D eigenvalue weighted by atomic mass is 16.5. The molecular weight excluding hydrogens is 334 g/mol. The second-order valence-electron chi connectivity index (χ2n) is 7.29. The van der Waals surface area contributed by atoms with E-state index >= 15 is 0 Å². The van der Waals surface area contributed by atoms with Crippen molar-refractivity contribution in [2.24, 2.45) is 11.7 Å². The van der Waals surface area contributed by atoms with Crippen LogP contribution in [0.1, 0.15) is 61.8 Å². The molecule has 142 valence electrons. The van der Waals surface area contributed by atoms with Crippen LogP contribution < -0.4 is 5.73 Å². The second-order valence-corrected chi connectivity index (χ2v) is 7.29. The minimum Gasteiger partial charge on any atom is -0.461 e. The third-order valence-corrected chi connectivity index (χ3v) is 5.44. The molecule has 1 aliphatic carbocycles. The molecule has 0 aromatic heterocycles. The largest absolute Gasteiger partial charge is 0.461 e. The number of carbonyl (C=O) groups excluding carboxylic acids is 1. The third-order valence-electron chi connectivity index (χ3n) is 5.44. The molecule has 0 bridgehead atoms. The lowest BCUT2D eigenvalue weighted by molar-refractivity contribution is -0.140. The van der Waals surface area contributed by atoms with Crippen molar-refractivity contribution in [3.8, 4) is 0 Å². The Bertz CT molecular complexity index is 790. The summed E-state index contributed by atoms with van der Waals surface area (Å²) in [5, 5.41) is 0. The zero-order valence-corrected chi connectivity index (χ0v) is 16.3. The van der Waals surface area contributed by atoms with E-state index in [-0.39, 0.29) is 5.70 Å². The lowest BCUT2D eigenvalue weighted by atomic mass is 9.81. The molecule has 0 fully saturated rings. The maximum atomic E-state index is 12.8. The molecule has 0 saturated carbocycles. The van der Waals surface area contributed by atoms with Gasteiger partial charge in [-0.2, -0.15) is 0 Å². The predicted molar refractivity (Wildman–Crippen MR) is 110 cm³/mol. The van der Waals surface area contributed by atoms with E-state index in [1.165, 1.54) is 11.1 Å². The van der Waals surface area contributed by atoms with E-state index in [0.717, 1.165) is 48.8 Å². The number of benzene rings is 2. The van der Waals surface area contributed by atoms with Crippen LogP contribution in [0.15, 0.2) is 54.2 Å². The van der Waals surface area contributed by atoms with Crippen molar-refractivity contribution >= 4 is 11.5 Å². The summed E-state index contributed by atoms with van der Waals surface area (Å²) in [6.07, 6.45) is 5.27. The van der Waals surface area contributed by atoms with Gasteiger partial charge in [0, 0.05) is 5.57 Å². The minimum absolute atomic E-state index is 0.208. The van der Waals surface area contributed by atoms with Crippen LogP contribution in [0.5, 0.6) is 0 Å². The van der Waals surface area contributed by atoms with E-state index in [1.54, 1.807) is 0 Å². The van der Waals surface area contributed by atoms with E-state index in [2.05, 4.69) is 26.0 Å². The molecule has 2 N–H and O–H groups in total. The normalized spacial score (nSPS) is 13.5. The van der Waals surface area contributed by atoms with Gasteiger partial charge in [-0.05, 0) is 41.0 Å². The van der Waals surface area contributed by atoms with E-state index in [1.807, 2.05) is 36.4 Å². The van der Waals surface area contributed by atoms with Gasteiger partial charge in [-0.3, -0.25) is 0 Å². The molecule has 3 rings (SSSR count). The standard InChI is InChI=1S/C24H29NO2/c1-3-5-10-17(4-2)16-27-24(26)23(25)22-20-13-8-6-11-18(20)15-19-12-7-9-14-21(19)22/h6-9,11-14,17H,3-5,10,15-16,25H2,1-2H3. The van der Waals surface area contributed by atoms with Crippen LogP contribution >= 0.6 is 0 Å². The lowest BCUT2D eigenvalue weighted by Gasteiger charge is -2.24. The molecule has 1 unspecified atom stereocenters. The molecule has 3 heteroatoms. The summed E-state index contributed by atoms with van der Waals surface area (Å²) in [4.78, 5) is 12.8. The molecule has 2 aromatic carbocycles. The molecule has 0 aliphatic heterocycles. The highest BCUT2D eigenvalue weighted by Crippen LogP contribution is 2.37. The molecule has 0 radical (unpaired) electrons. The SMILES string of the molecule is CCCCC(CC)COC(=O)C(N)=C1c2ccccc2Cc2ccccc21. The number of carbonyl (C=O) groups is 1. The summed E-state index contributed by atoms with van der Waals surface area (Å²) in [5.74, 6) is -0.0101. The summed E-state index contributed by atoms with van der Waals surface area (Å²) in [6.45, 7) is 4.76. The Morgan fingerprint density at radius 2 is 1.63 bits per heavy atom. The summed E-state index contributed by atoms with van der Waals surface area (Å²) in [7, 11) is 0. The lowest BCUT2D eigenvalue weighted by Crippen LogP contribution is -2.22. The van der Waals surface area contributed by atoms with Crippen molar-refractivity contribution in [3.05, 3.63) is 76.5 Å². The number of fused-ring (bicyclic) bond motifs is 2. The second kappa shape index (κ2) is 8.90. The monoisotopic (exact) mass is 363 g/mol. The number of ether oxygens (including phenoxy) is 1. The number of nitrogens with two attached hydrogens (primary N) is 1. The van der Waals surface area contributed by atoms with Crippen LogP contribution in [-0.2, 0) is 16.0 Å². The highest BCUT2D eigenvalue weighted by molar-refractivity contribution is 6.02. The first kappa shape index (κ1) is 19.2. The Kier molecular flexibility index (Phi) is 6.33. The molecule has 1 aliphatic rings. The van der Waals surface area contributed by atoms with Crippen molar-refractivity contribution in [1.29, 1.82) is 0 Å². The van der Waals surface area contributed by atoms with Gasteiger partial charge in [-0.15, -0.1) is 0 Å². The molecule has 3 nitrogen and oxygen atoms in total. The van der Waals surface area contributed by atoms with Crippen molar-refractivity contribution < 1.29 is 9.53 Å². The van der Waals surface area contributed by atoms with E-state index < -0.39 is 5.97 Å². The Morgan fingerprint density at radius 1 is 1.04 bits per heavy atom. The average molecular weight is 364 g/mol. The Labute approximate surface area is 162 Å². The van der Waals surface area contributed by atoms with Gasteiger partial charge >= 0.3 is 5.97 Å². The smallest absolute Gasteiger partial charge is 0.354 e. The van der Waals surface area contributed by atoms with E-state index in [4.69, 9.17) is 10.5 Å². The van der Waals surface area contributed by atoms with Gasteiger partial charge in [0.25, 0.3) is 0 Å². The first-order valence-electron chi connectivity index (χ1n) is 9.99. The highest BCUT2D eigenvalue weighted by Gasteiger charge is 2.25. The Balaban J connectivity index is 1.89. The Morgan fingerprint density at radius 3 is 2.19 bits per heavy atom. The topological polar surface area (TPSA) is 52.3 Å². The van der Waals surface area contributed by atoms with Gasteiger partial charge in [-0.25, -0.2) is 4.79 Å². The van der Waals surface area contributed by atoms with Crippen LogP contribution in [0, 0.1) is 5.92 Å². The third kappa shape index (κ3) is 4.24. The molecular formula is C24H29NO2. The van der Waals surface area contributed by atoms with Crippen molar-refractivity contribution in [1.82, 2.24) is 0 Å². The molecule has 0 heterocycles. The fourth-order valence-corrected chi connectivity index (χ4v) is 3.75. The van der Waals surface area contributed by atoms with E-state index in [0.29, 0.717) is 12.5 Å². The molecule has 0 saturated heterocycles. The average Bonchev–Trinajstić information content (AvgIpc) is 2.71. The maximum absolute atomic E-state index is 12.8. The summed E-state index contributed by atoms with van der Waals surface area (Å²) in [5.41, 5.74) is 11.8. The predicted octanol–water partition coefficient (Wildman–Crippen LogP) is 5.07. The molecule has 2 aromatic rings. The first-order valence-corrected chi connectivity index (χ1v) is 9.99. The number of unbranched alkanes of at least 4 members (excludes halogenated alkanes) is 1.